The van der Waals surface area contributed by atoms with Crippen molar-refractivity contribution < 1.29 is 17.6 Å². The number of halogens is 1. The van der Waals surface area contributed by atoms with Crippen LogP contribution in [-0.2, 0) is 21.2 Å². The molecule has 0 saturated carbocycles. The molecule has 1 fully saturated rings. The van der Waals surface area contributed by atoms with Crippen LogP contribution in [-0.4, -0.2) is 47.3 Å². The van der Waals surface area contributed by atoms with Crippen LogP contribution in [0, 0.1) is 5.82 Å². The zero-order valence-corrected chi connectivity index (χ0v) is 16.4. The Hall–Kier alpha value is -2.19. The summed E-state index contributed by atoms with van der Waals surface area (Å²) in [7, 11) is -3.60. The molecule has 150 valence electrons. The first-order chi connectivity index (χ1) is 13.4. The molecule has 1 aromatic heterocycles. The second-order valence-electron chi connectivity index (χ2n) is 7.04. The average Bonchev–Trinajstić information content (AvgIpc) is 2.69. The van der Waals surface area contributed by atoms with Crippen LogP contribution in [0.5, 0.6) is 0 Å². The van der Waals surface area contributed by atoms with Gasteiger partial charge in [0.1, 0.15) is 23.2 Å². The fourth-order valence-corrected chi connectivity index (χ4v) is 4.97. The molecule has 8 heteroatoms. The van der Waals surface area contributed by atoms with Gasteiger partial charge in [0.2, 0.25) is 10.0 Å². The Morgan fingerprint density at radius 1 is 1.11 bits per heavy atom. The zero-order chi connectivity index (χ0) is 20.0. The minimum absolute atomic E-state index is 0.198. The highest BCUT2D eigenvalue weighted by Crippen LogP contribution is 2.29. The predicted octanol–water partition coefficient (Wildman–Crippen LogP) is 2.72. The number of piperidine rings is 1. The summed E-state index contributed by atoms with van der Waals surface area (Å²) in [6, 6.07) is 8.09. The van der Waals surface area contributed by atoms with Gasteiger partial charge >= 0.3 is 0 Å². The molecule has 1 aliphatic heterocycles. The van der Waals surface area contributed by atoms with E-state index < -0.39 is 15.8 Å². The van der Waals surface area contributed by atoms with Gasteiger partial charge in [-0.1, -0.05) is 12.1 Å². The lowest BCUT2D eigenvalue weighted by atomic mass is 9.90. The highest BCUT2D eigenvalue weighted by atomic mass is 32.2. The van der Waals surface area contributed by atoms with Crippen molar-refractivity contribution >= 4 is 15.8 Å². The van der Waals surface area contributed by atoms with Crippen molar-refractivity contribution in [1.29, 1.82) is 0 Å². The van der Waals surface area contributed by atoms with Gasteiger partial charge in [0.15, 0.2) is 0 Å². The fourth-order valence-electron chi connectivity index (χ4n) is 3.47. The number of benzene rings is 1. The number of carbonyl (C=O) groups excluding carboxylic acids is 1. The molecule has 2 aromatic rings. The quantitative estimate of drug-likeness (QED) is 0.675. The van der Waals surface area contributed by atoms with Crippen LogP contribution in [0.4, 0.5) is 4.39 Å². The van der Waals surface area contributed by atoms with Crippen molar-refractivity contribution in [3.05, 3.63) is 59.9 Å². The van der Waals surface area contributed by atoms with Gasteiger partial charge in [0, 0.05) is 38.3 Å². The minimum Gasteiger partial charge on any atom is -0.299 e. The molecule has 0 atom stereocenters. The summed E-state index contributed by atoms with van der Waals surface area (Å²) in [6.07, 6.45) is 5.91. The third-order valence-electron chi connectivity index (χ3n) is 5.01. The molecule has 0 spiro atoms. The number of Topliss-reactive ketones (excluding diaryl/α,β-unsaturated/α-hetero) is 1. The van der Waals surface area contributed by atoms with Crippen LogP contribution < -0.4 is 0 Å². The van der Waals surface area contributed by atoms with E-state index in [4.69, 9.17) is 0 Å². The molecule has 1 aromatic carbocycles. The number of nitrogens with zero attached hydrogens (tertiary/aromatic N) is 3. The van der Waals surface area contributed by atoms with Gasteiger partial charge in [-0.2, -0.15) is 0 Å². The predicted molar refractivity (Wildman–Crippen MR) is 104 cm³/mol. The van der Waals surface area contributed by atoms with Gasteiger partial charge in [-0.05, 0) is 48.9 Å². The van der Waals surface area contributed by atoms with Gasteiger partial charge in [-0.25, -0.2) is 27.1 Å². The van der Waals surface area contributed by atoms with Crippen LogP contribution in [0.1, 0.15) is 43.0 Å². The molecule has 0 bridgehead atoms. The van der Waals surface area contributed by atoms with Crippen molar-refractivity contribution in [1.82, 2.24) is 14.3 Å². The molecule has 1 aliphatic rings. The fraction of sp³-hybridized carbons (Fsp3) is 0.450. The molecule has 0 radical (unpaired) electrons. The molecule has 1 saturated heterocycles. The Kier molecular flexibility index (Phi) is 6.85. The van der Waals surface area contributed by atoms with E-state index in [1.54, 1.807) is 30.6 Å². The molecular formula is C20H24FN3O3S. The molecule has 0 amide bonds. The van der Waals surface area contributed by atoms with E-state index in [1.807, 2.05) is 0 Å². The number of hydrogen-bond donors (Lipinski definition) is 0. The number of rotatable bonds is 8. The molecule has 0 N–H and O–H groups in total. The summed E-state index contributed by atoms with van der Waals surface area (Å²) >= 11 is 0. The molecule has 0 aliphatic carbocycles. The lowest BCUT2D eigenvalue weighted by Crippen LogP contribution is -2.40. The summed E-state index contributed by atoms with van der Waals surface area (Å²) in [4.78, 5) is 20.3. The van der Waals surface area contributed by atoms with Crippen molar-refractivity contribution in [3.8, 4) is 0 Å². The molecule has 28 heavy (non-hydrogen) atoms. The van der Waals surface area contributed by atoms with E-state index in [-0.39, 0.29) is 23.9 Å². The van der Waals surface area contributed by atoms with Crippen LogP contribution in [0.25, 0.3) is 0 Å². The second kappa shape index (κ2) is 9.34. The van der Waals surface area contributed by atoms with Crippen molar-refractivity contribution in [3.63, 3.8) is 0 Å². The maximum absolute atomic E-state index is 13.1. The monoisotopic (exact) mass is 405 g/mol. The first-order valence-electron chi connectivity index (χ1n) is 9.45. The first-order valence-corrected chi connectivity index (χ1v) is 11.1. The summed E-state index contributed by atoms with van der Waals surface area (Å²) < 4.78 is 39.6. The summed E-state index contributed by atoms with van der Waals surface area (Å²) in [5, 5.41) is 0. The average molecular weight is 405 g/mol. The Balaban J connectivity index is 1.45. The van der Waals surface area contributed by atoms with Gasteiger partial charge in [-0.15, -0.1) is 0 Å². The Bertz CT molecular complexity index is 881. The van der Waals surface area contributed by atoms with Crippen LogP contribution in [0.3, 0.4) is 0 Å². The number of hydrogen-bond acceptors (Lipinski definition) is 5. The molecule has 0 unspecified atom stereocenters. The highest BCUT2D eigenvalue weighted by molar-refractivity contribution is 7.89. The maximum atomic E-state index is 13.1. The van der Waals surface area contributed by atoms with E-state index in [1.165, 1.54) is 16.4 Å². The van der Waals surface area contributed by atoms with E-state index in [2.05, 4.69) is 9.97 Å². The SMILES string of the molecule is O=C(CCCc1ncccn1)CS(=O)(=O)N1CCC(c2ccc(F)cc2)CC1. The maximum Gasteiger partial charge on any atom is 0.221 e. The second-order valence-corrected chi connectivity index (χ2v) is 9.01. The molecular weight excluding hydrogens is 381 g/mol. The number of aromatic nitrogens is 2. The van der Waals surface area contributed by atoms with Crippen molar-refractivity contribution in [2.45, 2.75) is 38.0 Å². The van der Waals surface area contributed by atoms with E-state index in [0.29, 0.717) is 44.6 Å². The Morgan fingerprint density at radius 2 is 1.75 bits per heavy atom. The molecule has 2 heterocycles. The standard InChI is InChI=1S/C20H24FN3O3S/c21-18-7-5-16(6-8-18)17-9-13-24(14-10-17)28(26,27)15-19(25)3-1-4-20-22-11-2-12-23-20/h2,5-8,11-12,17H,1,3-4,9-10,13-15H2. The van der Waals surface area contributed by atoms with E-state index >= 15 is 0 Å². The first kappa shape index (κ1) is 20.5. The summed E-state index contributed by atoms with van der Waals surface area (Å²) in [5.41, 5.74) is 1.03. The van der Waals surface area contributed by atoms with Crippen LogP contribution >= 0.6 is 0 Å². The lowest BCUT2D eigenvalue weighted by molar-refractivity contribution is -0.116. The largest absolute Gasteiger partial charge is 0.299 e. The Morgan fingerprint density at radius 3 is 2.39 bits per heavy atom. The van der Waals surface area contributed by atoms with Crippen molar-refractivity contribution in [2.24, 2.45) is 0 Å². The van der Waals surface area contributed by atoms with Crippen molar-refractivity contribution in [2.75, 3.05) is 18.8 Å². The van der Waals surface area contributed by atoms with Crippen LogP contribution in [0.2, 0.25) is 0 Å². The van der Waals surface area contributed by atoms with Gasteiger partial charge < -0.3 is 0 Å². The number of carbonyl (C=O) groups is 1. The third-order valence-corrected chi connectivity index (χ3v) is 6.85. The van der Waals surface area contributed by atoms with Gasteiger partial charge in [0.25, 0.3) is 0 Å². The van der Waals surface area contributed by atoms with E-state index in [9.17, 15) is 17.6 Å². The lowest BCUT2D eigenvalue weighted by Gasteiger charge is -2.31. The topological polar surface area (TPSA) is 80.2 Å². The smallest absolute Gasteiger partial charge is 0.221 e. The minimum atomic E-state index is -3.60. The summed E-state index contributed by atoms with van der Waals surface area (Å²) in [6.45, 7) is 0.769. The van der Waals surface area contributed by atoms with E-state index in [0.717, 1.165) is 5.56 Å². The molecule has 3 rings (SSSR count). The normalized spacial score (nSPS) is 16.2. The van der Waals surface area contributed by atoms with Gasteiger partial charge in [0.05, 0.1) is 0 Å². The van der Waals surface area contributed by atoms with Crippen LogP contribution in [0.15, 0.2) is 42.7 Å². The zero-order valence-electron chi connectivity index (χ0n) is 15.6. The summed E-state index contributed by atoms with van der Waals surface area (Å²) in [5.74, 6) is -0.142. The number of ketones is 1. The highest BCUT2D eigenvalue weighted by Gasteiger charge is 2.30. The third kappa shape index (κ3) is 5.65. The number of aryl methyl sites for hydroxylation is 1. The molecule has 6 nitrogen and oxygen atoms in total. The number of sulfonamides is 1. The van der Waals surface area contributed by atoms with Gasteiger partial charge in [-0.3, -0.25) is 4.79 Å². The Labute approximate surface area is 164 Å².